The number of aromatic nitrogens is 2. The van der Waals surface area contributed by atoms with E-state index in [-0.39, 0.29) is 29.6 Å². The van der Waals surface area contributed by atoms with Crippen LogP contribution < -0.4 is 5.32 Å². The summed E-state index contributed by atoms with van der Waals surface area (Å²) in [7, 11) is 1.81. The molecule has 1 aliphatic carbocycles. The molecule has 6 nitrogen and oxygen atoms in total. The molecular formula is C25H26F3N5O. The van der Waals surface area contributed by atoms with Crippen molar-refractivity contribution >= 4 is 5.78 Å². The van der Waals surface area contributed by atoms with Gasteiger partial charge in [-0.1, -0.05) is 39.0 Å². The van der Waals surface area contributed by atoms with Crippen LogP contribution in [0.3, 0.4) is 0 Å². The standard InChI is InChI=1S/C25H26F3N5O/c1-5-24(16-8-6-7-14(9-16)15-12-29-33(4)13-15)19-17(10-23(2,3)11-18(19)34)30-22-20(24)21(31-32-22)25(26,27)28/h6-9,12-13,22,30H,5,10-11H2,1-4H3/t22?,24-/m0/s1. The molecule has 0 spiro atoms. The molecule has 0 amide bonds. The summed E-state index contributed by atoms with van der Waals surface area (Å²) in [5, 5.41) is 14.9. The second-order valence-electron chi connectivity index (χ2n) is 10.1. The molecule has 34 heavy (non-hydrogen) atoms. The predicted octanol–water partition coefficient (Wildman–Crippen LogP) is 5.59. The van der Waals surface area contributed by atoms with Gasteiger partial charge in [0.25, 0.3) is 0 Å². The topological polar surface area (TPSA) is 71.6 Å². The van der Waals surface area contributed by atoms with E-state index in [4.69, 9.17) is 0 Å². The number of benzene rings is 1. The van der Waals surface area contributed by atoms with Gasteiger partial charge < -0.3 is 5.32 Å². The van der Waals surface area contributed by atoms with Crippen LogP contribution in [0.1, 0.15) is 45.6 Å². The fourth-order valence-corrected chi connectivity index (χ4v) is 5.75. The maximum absolute atomic E-state index is 14.2. The third kappa shape index (κ3) is 3.32. The zero-order valence-corrected chi connectivity index (χ0v) is 19.5. The molecule has 2 aliphatic heterocycles. The van der Waals surface area contributed by atoms with Gasteiger partial charge in [0.1, 0.15) is 0 Å². The van der Waals surface area contributed by atoms with Gasteiger partial charge in [0.05, 0.1) is 11.6 Å². The van der Waals surface area contributed by atoms with Crippen LogP contribution in [0.5, 0.6) is 0 Å². The van der Waals surface area contributed by atoms with E-state index >= 15 is 0 Å². The summed E-state index contributed by atoms with van der Waals surface area (Å²) in [5.74, 6) is -0.133. The summed E-state index contributed by atoms with van der Waals surface area (Å²) < 4.78 is 44.2. The summed E-state index contributed by atoms with van der Waals surface area (Å²) in [6.45, 7) is 5.82. The number of carbonyl (C=O) groups is 1. The molecule has 0 fully saturated rings. The highest BCUT2D eigenvalue weighted by Gasteiger charge is 2.57. The number of alkyl halides is 3. The van der Waals surface area contributed by atoms with E-state index in [0.717, 1.165) is 11.1 Å². The number of allylic oxidation sites excluding steroid dienone is 3. The van der Waals surface area contributed by atoms with E-state index in [2.05, 4.69) is 20.6 Å². The van der Waals surface area contributed by atoms with Crippen molar-refractivity contribution in [2.75, 3.05) is 0 Å². The zero-order chi connectivity index (χ0) is 24.5. The van der Waals surface area contributed by atoms with Crippen LogP contribution in [0.15, 0.2) is 69.4 Å². The van der Waals surface area contributed by atoms with Gasteiger partial charge in [-0.05, 0) is 35.4 Å². The second kappa shape index (κ2) is 7.38. The molecule has 3 heterocycles. The minimum absolute atomic E-state index is 0.0117. The van der Waals surface area contributed by atoms with E-state index in [0.29, 0.717) is 23.3 Å². The monoisotopic (exact) mass is 469 g/mol. The molecule has 1 aromatic carbocycles. The first kappa shape index (κ1) is 22.6. The smallest absolute Gasteiger partial charge is 0.362 e. The number of nitrogens with zero attached hydrogens (tertiary/aromatic N) is 4. The third-order valence-electron chi connectivity index (χ3n) is 7.07. The van der Waals surface area contributed by atoms with Crippen LogP contribution in [0.4, 0.5) is 13.2 Å². The van der Waals surface area contributed by atoms with Gasteiger partial charge in [-0.25, -0.2) is 0 Å². The average molecular weight is 470 g/mol. The summed E-state index contributed by atoms with van der Waals surface area (Å²) in [6.07, 6.45) is -0.994. The average Bonchev–Trinajstić information content (AvgIpc) is 3.37. The molecule has 178 valence electrons. The number of hydrogen-bond acceptors (Lipinski definition) is 5. The number of nitrogens with one attached hydrogen (secondary N) is 1. The minimum atomic E-state index is -4.69. The molecule has 2 aromatic rings. The van der Waals surface area contributed by atoms with E-state index in [1.54, 1.807) is 17.9 Å². The molecule has 0 saturated heterocycles. The van der Waals surface area contributed by atoms with Gasteiger partial charge in [-0.15, -0.1) is 5.11 Å². The lowest BCUT2D eigenvalue weighted by Crippen LogP contribution is -2.52. The Balaban J connectivity index is 1.82. The van der Waals surface area contributed by atoms with E-state index in [9.17, 15) is 18.0 Å². The van der Waals surface area contributed by atoms with Crippen molar-refractivity contribution in [2.24, 2.45) is 22.7 Å². The maximum atomic E-state index is 14.2. The van der Waals surface area contributed by atoms with Gasteiger partial charge in [-0.2, -0.15) is 23.4 Å². The highest BCUT2D eigenvalue weighted by molar-refractivity contribution is 6.01. The molecule has 2 atom stereocenters. The van der Waals surface area contributed by atoms with Crippen molar-refractivity contribution in [1.29, 1.82) is 0 Å². The lowest BCUT2D eigenvalue weighted by atomic mass is 9.58. The van der Waals surface area contributed by atoms with Crippen molar-refractivity contribution < 1.29 is 18.0 Å². The molecule has 0 bridgehead atoms. The number of azo groups is 1. The fourth-order valence-electron chi connectivity index (χ4n) is 5.75. The molecule has 1 N–H and O–H groups in total. The first-order valence-corrected chi connectivity index (χ1v) is 11.3. The van der Waals surface area contributed by atoms with Gasteiger partial charge >= 0.3 is 6.18 Å². The third-order valence-corrected chi connectivity index (χ3v) is 7.07. The first-order chi connectivity index (χ1) is 16.0. The Morgan fingerprint density at radius 2 is 1.97 bits per heavy atom. The highest BCUT2D eigenvalue weighted by Crippen LogP contribution is 2.56. The minimum Gasteiger partial charge on any atom is -0.362 e. The van der Waals surface area contributed by atoms with Crippen molar-refractivity contribution in [3.05, 3.63) is 64.8 Å². The zero-order valence-electron chi connectivity index (χ0n) is 19.5. The number of aryl methyl sites for hydroxylation is 1. The largest absolute Gasteiger partial charge is 0.435 e. The van der Waals surface area contributed by atoms with Crippen molar-refractivity contribution in [3.63, 3.8) is 0 Å². The number of carbonyl (C=O) groups excluding carboxylic acids is 1. The van der Waals surface area contributed by atoms with E-state index < -0.39 is 23.5 Å². The summed E-state index contributed by atoms with van der Waals surface area (Å²) >= 11 is 0. The molecule has 5 rings (SSSR count). The predicted molar refractivity (Wildman–Crippen MR) is 121 cm³/mol. The van der Waals surface area contributed by atoms with Gasteiger partial charge in [0.2, 0.25) is 0 Å². The van der Waals surface area contributed by atoms with Crippen LogP contribution in [-0.2, 0) is 17.3 Å². The summed E-state index contributed by atoms with van der Waals surface area (Å²) in [5.41, 5.74) is 0.796. The second-order valence-corrected chi connectivity index (χ2v) is 10.1. The van der Waals surface area contributed by atoms with Crippen molar-refractivity contribution in [2.45, 2.75) is 57.8 Å². The van der Waals surface area contributed by atoms with Gasteiger partial charge in [-0.3, -0.25) is 9.48 Å². The summed E-state index contributed by atoms with van der Waals surface area (Å²) in [6, 6.07) is 7.40. The van der Waals surface area contributed by atoms with Crippen LogP contribution in [0, 0.1) is 5.41 Å². The number of ketones is 1. The van der Waals surface area contributed by atoms with E-state index in [1.807, 2.05) is 51.2 Å². The number of hydrogen-bond donors (Lipinski definition) is 1. The molecular weight excluding hydrogens is 443 g/mol. The fraction of sp³-hybridized carbons (Fsp3) is 0.440. The highest BCUT2D eigenvalue weighted by atomic mass is 19.4. The first-order valence-electron chi connectivity index (χ1n) is 11.3. The Hall–Kier alpha value is -3.23. The van der Waals surface area contributed by atoms with Crippen LogP contribution in [0.2, 0.25) is 0 Å². The number of rotatable bonds is 3. The lowest BCUT2D eigenvalue weighted by molar-refractivity contribution is -0.119. The molecule has 0 saturated carbocycles. The van der Waals surface area contributed by atoms with Crippen LogP contribution in [-0.4, -0.2) is 27.9 Å². The molecule has 3 aliphatic rings. The number of Topliss-reactive ketones (excluding diaryl/α,β-unsaturated/α-hetero) is 1. The normalized spacial score (nSPS) is 26.0. The maximum Gasteiger partial charge on any atom is 0.435 e. The van der Waals surface area contributed by atoms with Gasteiger partial charge in [0, 0.05) is 42.1 Å². The Labute approximate surface area is 195 Å². The molecule has 1 unspecified atom stereocenters. The van der Waals surface area contributed by atoms with Crippen molar-refractivity contribution in [1.82, 2.24) is 15.1 Å². The molecule has 9 heteroatoms. The Morgan fingerprint density at radius 3 is 2.62 bits per heavy atom. The SMILES string of the molecule is CC[C@]1(c2cccc(-c3cnn(C)c3)c2)C2=C(CC(C)(C)CC2=O)NC2N=NC(C(F)(F)F)=C21. The molecule has 1 aromatic heterocycles. The van der Waals surface area contributed by atoms with Crippen LogP contribution >= 0.6 is 0 Å². The number of fused-ring (bicyclic) bond motifs is 1. The number of halogens is 3. The quantitative estimate of drug-likeness (QED) is 0.637. The van der Waals surface area contributed by atoms with E-state index in [1.165, 1.54) is 0 Å². The van der Waals surface area contributed by atoms with Crippen LogP contribution in [0.25, 0.3) is 11.1 Å². The van der Waals surface area contributed by atoms with Crippen molar-refractivity contribution in [3.8, 4) is 11.1 Å². The van der Waals surface area contributed by atoms with Gasteiger partial charge in [0.15, 0.2) is 17.6 Å². The lowest BCUT2D eigenvalue weighted by Gasteiger charge is -2.48. The Kier molecular flexibility index (Phi) is 4.90. The Bertz CT molecular complexity index is 1280. The molecule has 0 radical (unpaired) electrons. The summed E-state index contributed by atoms with van der Waals surface area (Å²) in [4.78, 5) is 13.6. The Morgan fingerprint density at radius 1 is 1.21 bits per heavy atom.